The van der Waals surface area contributed by atoms with Gasteiger partial charge >= 0.3 is 0 Å². The van der Waals surface area contributed by atoms with Gasteiger partial charge in [0.1, 0.15) is 5.75 Å². The summed E-state index contributed by atoms with van der Waals surface area (Å²) in [6, 6.07) is 5.76. The summed E-state index contributed by atoms with van der Waals surface area (Å²) in [6.07, 6.45) is 0.998. The van der Waals surface area contributed by atoms with Crippen LogP contribution in [-0.4, -0.2) is 19.1 Å². The van der Waals surface area contributed by atoms with E-state index in [1.807, 2.05) is 23.1 Å². The predicted octanol–water partition coefficient (Wildman–Crippen LogP) is 3.22. The number of ether oxygens (including phenoxy) is 1. The molecule has 0 atom stereocenters. The van der Waals surface area contributed by atoms with Crippen molar-refractivity contribution in [2.75, 3.05) is 18.1 Å². The Kier molecular flexibility index (Phi) is 3.72. The van der Waals surface area contributed by atoms with Gasteiger partial charge in [0.25, 0.3) is 5.91 Å². The van der Waals surface area contributed by atoms with E-state index in [4.69, 9.17) is 4.74 Å². The van der Waals surface area contributed by atoms with Crippen LogP contribution in [0.25, 0.3) is 0 Å². The first-order valence-corrected chi connectivity index (χ1v) is 6.60. The Morgan fingerprint density at radius 3 is 2.94 bits per heavy atom. The Morgan fingerprint density at radius 1 is 1.47 bits per heavy atom. The molecule has 0 N–H and O–H groups in total. The van der Waals surface area contributed by atoms with Crippen molar-refractivity contribution < 1.29 is 9.53 Å². The highest BCUT2D eigenvalue weighted by Crippen LogP contribution is 2.34. The van der Waals surface area contributed by atoms with Gasteiger partial charge < -0.3 is 9.64 Å². The van der Waals surface area contributed by atoms with Gasteiger partial charge in [-0.2, -0.15) is 0 Å². The Hall–Kier alpha value is -1.03. The summed E-state index contributed by atoms with van der Waals surface area (Å²) in [7, 11) is 0. The molecule has 0 aromatic heterocycles. The number of hydrogen-bond acceptors (Lipinski definition) is 2. The first kappa shape index (κ1) is 12.4. The van der Waals surface area contributed by atoms with Crippen LogP contribution >= 0.6 is 15.9 Å². The van der Waals surface area contributed by atoms with E-state index in [-0.39, 0.29) is 12.5 Å². The van der Waals surface area contributed by atoms with Crippen LogP contribution in [0.15, 0.2) is 22.7 Å². The van der Waals surface area contributed by atoms with Crippen LogP contribution in [0.2, 0.25) is 0 Å². The molecule has 0 bridgehead atoms. The topological polar surface area (TPSA) is 29.5 Å². The number of hydrogen-bond donors (Lipinski definition) is 0. The van der Waals surface area contributed by atoms with Gasteiger partial charge in [-0.1, -0.05) is 29.8 Å². The minimum absolute atomic E-state index is 0.0382. The van der Waals surface area contributed by atoms with E-state index in [2.05, 4.69) is 29.8 Å². The lowest BCUT2D eigenvalue weighted by atomic mass is 10.1. The van der Waals surface area contributed by atoms with E-state index < -0.39 is 0 Å². The molecular formula is C13H16BrNO2. The number of benzene rings is 1. The number of halogens is 1. The number of rotatable bonds is 3. The van der Waals surface area contributed by atoms with E-state index in [0.29, 0.717) is 5.92 Å². The van der Waals surface area contributed by atoms with Crippen LogP contribution in [0.5, 0.6) is 5.75 Å². The molecule has 0 unspecified atom stereocenters. The molecule has 0 spiro atoms. The maximum atomic E-state index is 11.9. The number of carbonyl (C=O) groups is 1. The van der Waals surface area contributed by atoms with Crippen LogP contribution in [0.3, 0.4) is 0 Å². The average Bonchev–Trinajstić information content (AvgIpc) is 2.27. The zero-order chi connectivity index (χ0) is 12.4. The molecule has 1 aliphatic heterocycles. The molecule has 3 nitrogen and oxygen atoms in total. The highest BCUT2D eigenvalue weighted by atomic mass is 79.9. The highest BCUT2D eigenvalue weighted by molar-refractivity contribution is 9.10. The Balaban J connectivity index is 2.26. The summed E-state index contributed by atoms with van der Waals surface area (Å²) < 4.78 is 6.38. The standard InChI is InChI=1S/C13H16BrNO2/c1-9(2)5-6-15-11-7-10(14)3-4-12(11)17-8-13(15)16/h3-4,7,9H,5-6,8H2,1-2H3. The van der Waals surface area contributed by atoms with Crippen molar-refractivity contribution in [1.29, 1.82) is 0 Å². The average molecular weight is 298 g/mol. The van der Waals surface area contributed by atoms with E-state index in [1.54, 1.807) is 0 Å². The lowest BCUT2D eigenvalue weighted by molar-refractivity contribution is -0.121. The lowest BCUT2D eigenvalue weighted by Crippen LogP contribution is -2.39. The molecule has 1 amide bonds. The Labute approximate surface area is 110 Å². The fourth-order valence-electron chi connectivity index (χ4n) is 1.81. The third kappa shape index (κ3) is 2.80. The first-order chi connectivity index (χ1) is 8.08. The van der Waals surface area contributed by atoms with Crippen LogP contribution in [-0.2, 0) is 4.79 Å². The van der Waals surface area contributed by atoms with E-state index in [1.165, 1.54) is 0 Å². The molecular weight excluding hydrogens is 282 g/mol. The molecule has 92 valence electrons. The normalized spacial score (nSPS) is 14.8. The maximum absolute atomic E-state index is 11.9. The second-order valence-corrected chi connectivity index (χ2v) is 5.54. The molecule has 17 heavy (non-hydrogen) atoms. The van der Waals surface area contributed by atoms with Gasteiger partial charge in [-0.3, -0.25) is 4.79 Å². The summed E-state index contributed by atoms with van der Waals surface area (Å²) in [5.41, 5.74) is 0.872. The molecule has 1 aliphatic rings. The molecule has 0 saturated heterocycles. The van der Waals surface area contributed by atoms with Gasteiger partial charge in [-0.25, -0.2) is 0 Å². The van der Waals surface area contributed by atoms with Crippen LogP contribution < -0.4 is 9.64 Å². The van der Waals surface area contributed by atoms with Crippen molar-refractivity contribution in [2.45, 2.75) is 20.3 Å². The predicted molar refractivity (Wildman–Crippen MR) is 71.4 cm³/mol. The van der Waals surface area contributed by atoms with Gasteiger partial charge in [0.05, 0.1) is 5.69 Å². The minimum atomic E-state index is 0.0382. The van der Waals surface area contributed by atoms with Crippen molar-refractivity contribution in [3.63, 3.8) is 0 Å². The molecule has 0 saturated carbocycles. The Bertz CT molecular complexity index is 431. The first-order valence-electron chi connectivity index (χ1n) is 5.80. The zero-order valence-corrected chi connectivity index (χ0v) is 11.7. The summed E-state index contributed by atoms with van der Waals surface area (Å²) >= 11 is 3.42. The number of nitrogens with zero attached hydrogens (tertiary/aromatic N) is 1. The zero-order valence-electron chi connectivity index (χ0n) is 10.1. The largest absolute Gasteiger partial charge is 0.482 e. The maximum Gasteiger partial charge on any atom is 0.265 e. The second kappa shape index (κ2) is 5.08. The van der Waals surface area contributed by atoms with Crippen molar-refractivity contribution in [2.24, 2.45) is 5.92 Å². The van der Waals surface area contributed by atoms with Gasteiger partial charge in [-0.05, 0) is 30.5 Å². The minimum Gasteiger partial charge on any atom is -0.482 e. The molecule has 0 fully saturated rings. The van der Waals surface area contributed by atoms with Crippen molar-refractivity contribution >= 4 is 27.5 Å². The van der Waals surface area contributed by atoms with Crippen LogP contribution in [0.1, 0.15) is 20.3 Å². The van der Waals surface area contributed by atoms with E-state index >= 15 is 0 Å². The monoisotopic (exact) mass is 297 g/mol. The number of fused-ring (bicyclic) bond motifs is 1. The molecule has 1 heterocycles. The van der Waals surface area contributed by atoms with Crippen molar-refractivity contribution in [1.82, 2.24) is 0 Å². The summed E-state index contributed by atoms with van der Waals surface area (Å²) in [4.78, 5) is 13.7. The van der Waals surface area contributed by atoms with E-state index in [9.17, 15) is 4.79 Å². The molecule has 2 rings (SSSR count). The van der Waals surface area contributed by atoms with Gasteiger partial charge in [0.2, 0.25) is 0 Å². The van der Waals surface area contributed by atoms with Gasteiger partial charge in [0, 0.05) is 11.0 Å². The van der Waals surface area contributed by atoms with Crippen LogP contribution in [0, 0.1) is 5.92 Å². The fraction of sp³-hybridized carbons (Fsp3) is 0.462. The van der Waals surface area contributed by atoms with Crippen molar-refractivity contribution in [3.05, 3.63) is 22.7 Å². The highest BCUT2D eigenvalue weighted by Gasteiger charge is 2.25. The molecule has 1 aromatic carbocycles. The van der Waals surface area contributed by atoms with E-state index in [0.717, 1.165) is 28.9 Å². The summed E-state index contributed by atoms with van der Waals surface area (Å²) in [6.45, 7) is 5.22. The molecule has 1 aromatic rings. The second-order valence-electron chi connectivity index (χ2n) is 4.63. The van der Waals surface area contributed by atoms with Gasteiger partial charge in [-0.15, -0.1) is 0 Å². The summed E-state index contributed by atoms with van der Waals surface area (Å²) in [5, 5.41) is 0. The lowest BCUT2D eigenvalue weighted by Gasteiger charge is -2.30. The third-order valence-electron chi connectivity index (χ3n) is 2.79. The SMILES string of the molecule is CC(C)CCN1C(=O)COc2ccc(Br)cc21. The molecule has 0 aliphatic carbocycles. The quantitative estimate of drug-likeness (QED) is 0.857. The van der Waals surface area contributed by atoms with Crippen molar-refractivity contribution in [3.8, 4) is 5.75 Å². The number of anilines is 1. The number of carbonyl (C=O) groups excluding carboxylic acids is 1. The Morgan fingerprint density at radius 2 is 2.24 bits per heavy atom. The van der Waals surface area contributed by atoms with Crippen LogP contribution in [0.4, 0.5) is 5.69 Å². The number of amides is 1. The molecule has 0 radical (unpaired) electrons. The molecule has 4 heteroatoms. The summed E-state index contributed by atoms with van der Waals surface area (Å²) in [5.74, 6) is 1.41. The van der Waals surface area contributed by atoms with Gasteiger partial charge in [0.15, 0.2) is 6.61 Å². The fourth-order valence-corrected chi connectivity index (χ4v) is 2.16. The smallest absolute Gasteiger partial charge is 0.265 e. The third-order valence-corrected chi connectivity index (χ3v) is 3.29.